The first-order valence-corrected chi connectivity index (χ1v) is 10.3. The summed E-state index contributed by atoms with van der Waals surface area (Å²) in [6.07, 6.45) is 4.47. The third-order valence-corrected chi connectivity index (χ3v) is 6.19. The number of hydrogen-bond donors (Lipinski definition) is 3. The number of carbonyl (C=O) groups excluding carboxylic acids is 1. The number of amides is 1. The number of aromatic amines is 1. The number of ether oxygens (including phenoxy) is 1. The summed E-state index contributed by atoms with van der Waals surface area (Å²) in [6.45, 7) is 1.63. The summed E-state index contributed by atoms with van der Waals surface area (Å²) in [7, 11) is 1.56. The number of fused-ring (bicyclic) bond motifs is 1. The van der Waals surface area contributed by atoms with Gasteiger partial charge in [0, 0.05) is 25.8 Å². The van der Waals surface area contributed by atoms with Gasteiger partial charge in [0.25, 0.3) is 0 Å². The molecule has 1 aromatic carbocycles. The van der Waals surface area contributed by atoms with Crippen LogP contribution in [0.4, 0.5) is 5.82 Å². The van der Waals surface area contributed by atoms with E-state index >= 15 is 0 Å². The molecule has 0 bridgehead atoms. The predicted octanol–water partition coefficient (Wildman–Crippen LogP) is 3.02. The Morgan fingerprint density at radius 3 is 2.80 bits per heavy atom. The van der Waals surface area contributed by atoms with Crippen LogP contribution in [-0.2, 0) is 11.3 Å². The highest BCUT2D eigenvalue weighted by Gasteiger charge is 2.41. The second kappa shape index (κ2) is 8.67. The summed E-state index contributed by atoms with van der Waals surface area (Å²) >= 11 is 12.2. The minimum absolute atomic E-state index is 0.140. The second-order valence-electron chi connectivity index (χ2n) is 7.25. The van der Waals surface area contributed by atoms with Gasteiger partial charge in [-0.1, -0.05) is 17.7 Å². The molecule has 3 N–H and O–H groups in total. The Kier molecular flexibility index (Phi) is 5.99. The fourth-order valence-corrected chi connectivity index (χ4v) is 4.30. The Balaban J connectivity index is 1.41. The molecule has 0 atom stereocenters. The first kappa shape index (κ1) is 20.7. The molecule has 1 amide bonds. The standard InChI is InChI=1S/C20H22Cl2N6O2/c1-30-16-3-2-13(10-15(16)21)11-24-19(29)20(27-22)5-8-28(9-6-20)18-14-4-7-23-17(14)25-12-26-18/h2-4,7,10,12,27H,5-6,8-9,11H2,1H3,(H,24,29)(H,23,25,26). The summed E-state index contributed by atoms with van der Waals surface area (Å²) < 4.78 is 5.16. The van der Waals surface area contributed by atoms with Crippen molar-refractivity contribution in [1.29, 1.82) is 0 Å². The molecular weight excluding hydrogens is 427 g/mol. The van der Waals surface area contributed by atoms with E-state index < -0.39 is 5.54 Å². The van der Waals surface area contributed by atoms with Crippen LogP contribution in [0.15, 0.2) is 36.8 Å². The van der Waals surface area contributed by atoms with Gasteiger partial charge >= 0.3 is 0 Å². The molecule has 8 nitrogen and oxygen atoms in total. The molecule has 10 heteroatoms. The lowest BCUT2D eigenvalue weighted by atomic mass is 9.87. The molecule has 1 fully saturated rings. The fraction of sp³-hybridized carbons (Fsp3) is 0.350. The Labute approximate surface area is 184 Å². The number of rotatable bonds is 6. The van der Waals surface area contributed by atoms with Crippen LogP contribution < -0.4 is 19.8 Å². The number of anilines is 1. The van der Waals surface area contributed by atoms with Crippen molar-refractivity contribution in [3.05, 3.63) is 47.4 Å². The van der Waals surface area contributed by atoms with Gasteiger partial charge in [0.1, 0.15) is 29.1 Å². The zero-order valence-electron chi connectivity index (χ0n) is 16.4. The Hall–Kier alpha value is -2.55. The maximum Gasteiger partial charge on any atom is 0.241 e. The van der Waals surface area contributed by atoms with Crippen LogP contribution in [0, 0.1) is 0 Å². The number of H-pyrrole nitrogens is 1. The van der Waals surface area contributed by atoms with Gasteiger partial charge in [0.05, 0.1) is 17.5 Å². The number of nitrogens with zero attached hydrogens (tertiary/aromatic N) is 3. The number of nitrogens with one attached hydrogen (secondary N) is 3. The molecule has 30 heavy (non-hydrogen) atoms. The van der Waals surface area contributed by atoms with E-state index in [4.69, 9.17) is 28.1 Å². The summed E-state index contributed by atoms with van der Waals surface area (Å²) in [6, 6.07) is 7.38. The second-order valence-corrected chi connectivity index (χ2v) is 7.85. The Morgan fingerprint density at radius 2 is 2.10 bits per heavy atom. The molecule has 1 aliphatic heterocycles. The highest BCUT2D eigenvalue weighted by Crippen LogP contribution is 2.30. The molecule has 4 rings (SSSR count). The van der Waals surface area contributed by atoms with Crippen LogP contribution in [0.25, 0.3) is 11.0 Å². The largest absolute Gasteiger partial charge is 0.495 e. The molecule has 2 aromatic heterocycles. The zero-order chi connectivity index (χ0) is 21.1. The van der Waals surface area contributed by atoms with E-state index in [-0.39, 0.29) is 5.91 Å². The van der Waals surface area contributed by atoms with Gasteiger partial charge in [0.15, 0.2) is 0 Å². The summed E-state index contributed by atoms with van der Waals surface area (Å²) in [5.41, 5.74) is 0.828. The van der Waals surface area contributed by atoms with Crippen molar-refractivity contribution in [2.24, 2.45) is 0 Å². The van der Waals surface area contributed by atoms with Crippen molar-refractivity contribution in [2.45, 2.75) is 24.9 Å². The lowest BCUT2D eigenvalue weighted by molar-refractivity contribution is -0.127. The smallest absolute Gasteiger partial charge is 0.241 e. The van der Waals surface area contributed by atoms with Gasteiger partial charge in [-0.3, -0.25) is 4.79 Å². The number of halogens is 2. The van der Waals surface area contributed by atoms with E-state index in [1.54, 1.807) is 25.6 Å². The number of piperidine rings is 1. The average Bonchev–Trinajstić information content (AvgIpc) is 3.26. The van der Waals surface area contributed by atoms with Crippen molar-refractivity contribution in [1.82, 2.24) is 25.1 Å². The van der Waals surface area contributed by atoms with Crippen LogP contribution in [0.1, 0.15) is 18.4 Å². The van der Waals surface area contributed by atoms with Crippen molar-refractivity contribution >= 4 is 46.1 Å². The van der Waals surface area contributed by atoms with Crippen LogP contribution in [0.5, 0.6) is 5.75 Å². The minimum Gasteiger partial charge on any atom is -0.495 e. The first-order valence-electron chi connectivity index (χ1n) is 9.58. The topological polar surface area (TPSA) is 95.2 Å². The Bertz CT molecular complexity index is 1050. The third kappa shape index (κ3) is 3.90. The van der Waals surface area contributed by atoms with Crippen molar-refractivity contribution in [2.75, 3.05) is 25.1 Å². The molecule has 0 unspecified atom stereocenters. The summed E-state index contributed by atoms with van der Waals surface area (Å²) in [5, 5.41) is 4.44. The molecule has 3 aromatic rings. The molecule has 158 valence electrons. The molecule has 3 heterocycles. The monoisotopic (exact) mass is 448 g/mol. The molecule has 1 aliphatic rings. The highest BCUT2D eigenvalue weighted by atomic mass is 35.5. The van der Waals surface area contributed by atoms with E-state index in [2.05, 4.69) is 30.0 Å². The summed E-state index contributed by atoms with van der Waals surface area (Å²) in [4.78, 5) is 29.6. The predicted molar refractivity (Wildman–Crippen MR) is 117 cm³/mol. The van der Waals surface area contributed by atoms with Gasteiger partial charge in [-0.25, -0.2) is 14.8 Å². The lowest BCUT2D eigenvalue weighted by Crippen LogP contribution is -2.59. The fourth-order valence-electron chi connectivity index (χ4n) is 3.75. The third-order valence-electron chi connectivity index (χ3n) is 5.53. The van der Waals surface area contributed by atoms with Gasteiger partial charge in [-0.2, -0.15) is 0 Å². The van der Waals surface area contributed by atoms with E-state index in [0.29, 0.717) is 43.2 Å². The quantitative estimate of drug-likeness (QED) is 0.501. The van der Waals surface area contributed by atoms with Crippen LogP contribution in [0.3, 0.4) is 0 Å². The SMILES string of the molecule is COc1ccc(CNC(=O)C2(NCl)CCN(c3ncnc4[nH]ccc34)CC2)cc1Cl. The van der Waals surface area contributed by atoms with Crippen LogP contribution in [0.2, 0.25) is 5.02 Å². The maximum absolute atomic E-state index is 13.0. The van der Waals surface area contributed by atoms with Crippen molar-refractivity contribution in [3.63, 3.8) is 0 Å². The van der Waals surface area contributed by atoms with Gasteiger partial charge in [-0.15, -0.1) is 0 Å². The van der Waals surface area contributed by atoms with E-state index in [0.717, 1.165) is 22.4 Å². The first-order chi connectivity index (χ1) is 14.6. The lowest BCUT2D eigenvalue weighted by Gasteiger charge is -2.40. The molecule has 0 aliphatic carbocycles. The van der Waals surface area contributed by atoms with E-state index in [9.17, 15) is 4.79 Å². The molecular formula is C20H22Cl2N6O2. The van der Waals surface area contributed by atoms with Crippen LogP contribution >= 0.6 is 23.4 Å². The number of aromatic nitrogens is 3. The van der Waals surface area contributed by atoms with Gasteiger partial charge in [0.2, 0.25) is 5.91 Å². The minimum atomic E-state index is -0.849. The average molecular weight is 449 g/mol. The zero-order valence-corrected chi connectivity index (χ0v) is 17.9. The Morgan fingerprint density at radius 1 is 1.30 bits per heavy atom. The summed E-state index contributed by atoms with van der Waals surface area (Å²) in [5.74, 6) is 1.32. The number of benzene rings is 1. The number of carbonyl (C=O) groups is 1. The number of hydrogen-bond acceptors (Lipinski definition) is 6. The van der Waals surface area contributed by atoms with E-state index in [1.165, 1.54) is 0 Å². The van der Waals surface area contributed by atoms with Gasteiger partial charge < -0.3 is 19.9 Å². The molecule has 0 radical (unpaired) electrons. The number of methoxy groups -OCH3 is 1. The van der Waals surface area contributed by atoms with Gasteiger partial charge in [-0.05, 0) is 48.4 Å². The van der Waals surface area contributed by atoms with E-state index in [1.807, 2.05) is 18.3 Å². The van der Waals surface area contributed by atoms with Crippen molar-refractivity contribution < 1.29 is 9.53 Å². The molecule has 0 saturated carbocycles. The highest BCUT2D eigenvalue weighted by molar-refractivity contribution is 6.32. The normalized spacial score (nSPS) is 15.9. The van der Waals surface area contributed by atoms with Crippen molar-refractivity contribution in [3.8, 4) is 5.75 Å². The maximum atomic E-state index is 13.0. The van der Waals surface area contributed by atoms with Crippen LogP contribution in [-0.4, -0.2) is 46.6 Å². The molecule has 0 spiro atoms. The molecule has 1 saturated heterocycles.